The van der Waals surface area contributed by atoms with Crippen molar-refractivity contribution >= 4 is 34.8 Å². The molecule has 4 rings (SSSR count). The van der Waals surface area contributed by atoms with Gasteiger partial charge in [0.05, 0.1) is 17.3 Å². The van der Waals surface area contributed by atoms with E-state index in [0.717, 1.165) is 49.8 Å². The van der Waals surface area contributed by atoms with Gasteiger partial charge in [-0.1, -0.05) is 45.1 Å². The Bertz CT molecular complexity index is 1100. The average molecular weight is 525 g/mol. The van der Waals surface area contributed by atoms with Gasteiger partial charge in [-0.25, -0.2) is 0 Å². The quantitative estimate of drug-likeness (QED) is 0.239. The van der Waals surface area contributed by atoms with E-state index >= 15 is 0 Å². The van der Waals surface area contributed by atoms with Crippen molar-refractivity contribution in [3.8, 4) is 0 Å². The van der Waals surface area contributed by atoms with E-state index in [2.05, 4.69) is 10.6 Å². The Balaban J connectivity index is 1.58. The van der Waals surface area contributed by atoms with Crippen molar-refractivity contribution in [2.24, 2.45) is 5.92 Å². The molecule has 1 saturated heterocycles. The van der Waals surface area contributed by atoms with Crippen LogP contribution in [-0.4, -0.2) is 54.8 Å². The number of hydrogen-bond donors (Lipinski definition) is 4. The molecule has 4 N–H and O–H groups in total. The number of fused-ring (bicyclic) bond motifs is 2. The number of nitrogens with zero attached hydrogens (tertiary/aromatic N) is 1. The second-order valence-electron chi connectivity index (χ2n) is 10.7. The largest absolute Gasteiger partial charge is 0.515 e. The Kier molecular flexibility index (Phi) is 8.87. The first-order chi connectivity index (χ1) is 18.3. The molecule has 1 aromatic carbocycles. The molecule has 9 nitrogen and oxygen atoms in total. The first kappa shape index (κ1) is 27.8. The van der Waals surface area contributed by atoms with E-state index < -0.39 is 17.4 Å². The van der Waals surface area contributed by atoms with Gasteiger partial charge in [-0.3, -0.25) is 14.4 Å². The maximum atomic E-state index is 13.7. The van der Waals surface area contributed by atoms with Crippen LogP contribution in [0.5, 0.6) is 0 Å². The highest BCUT2D eigenvalue weighted by Crippen LogP contribution is 2.47. The monoisotopic (exact) mass is 524 g/mol. The molecule has 0 bridgehead atoms. The summed E-state index contributed by atoms with van der Waals surface area (Å²) in [6.45, 7) is 2.82. The third-order valence-electron chi connectivity index (χ3n) is 8.45. The maximum Gasteiger partial charge on any atom is 0.256 e. The summed E-state index contributed by atoms with van der Waals surface area (Å²) in [4.78, 5) is 41.6. The molecule has 1 aliphatic carbocycles. The lowest BCUT2D eigenvalue weighted by Crippen LogP contribution is -2.49. The van der Waals surface area contributed by atoms with Crippen molar-refractivity contribution in [2.75, 3.05) is 30.5 Å². The molecule has 2 aliphatic heterocycles. The van der Waals surface area contributed by atoms with Gasteiger partial charge in [0, 0.05) is 37.3 Å². The second-order valence-corrected chi connectivity index (χ2v) is 10.7. The Hall–Kier alpha value is -3.20. The third kappa shape index (κ3) is 5.48. The van der Waals surface area contributed by atoms with Crippen LogP contribution in [0.25, 0.3) is 0 Å². The summed E-state index contributed by atoms with van der Waals surface area (Å²) in [5.74, 6) is -0.959. The number of aliphatic hydroxyl groups excluding tert-OH is 1. The van der Waals surface area contributed by atoms with Gasteiger partial charge in [0.15, 0.2) is 0 Å². The van der Waals surface area contributed by atoms with E-state index in [1.807, 2.05) is 18.2 Å². The van der Waals surface area contributed by atoms with E-state index in [4.69, 9.17) is 10.1 Å². The molecule has 3 amide bonds. The zero-order valence-corrected chi connectivity index (χ0v) is 22.5. The number of nitrogens with one attached hydrogen (secondary N) is 3. The van der Waals surface area contributed by atoms with E-state index in [1.54, 1.807) is 18.9 Å². The molecule has 1 spiro atoms. The van der Waals surface area contributed by atoms with Crippen LogP contribution >= 0.6 is 0 Å². The zero-order chi connectivity index (χ0) is 27.3. The van der Waals surface area contributed by atoms with Crippen molar-refractivity contribution in [3.05, 3.63) is 35.6 Å². The fraction of sp³-hybridized carbons (Fsp3) is 0.586. The summed E-state index contributed by atoms with van der Waals surface area (Å²) in [6, 6.07) is 4.77. The van der Waals surface area contributed by atoms with Crippen LogP contribution in [0.2, 0.25) is 0 Å². The van der Waals surface area contributed by atoms with Crippen LogP contribution in [0.4, 0.5) is 11.4 Å². The van der Waals surface area contributed by atoms with Gasteiger partial charge in [-0.05, 0) is 55.7 Å². The highest BCUT2D eigenvalue weighted by Gasteiger charge is 2.50. The molecule has 206 valence electrons. The van der Waals surface area contributed by atoms with Gasteiger partial charge < -0.3 is 30.8 Å². The van der Waals surface area contributed by atoms with Gasteiger partial charge in [0.1, 0.15) is 6.04 Å². The van der Waals surface area contributed by atoms with Crippen LogP contribution in [-0.2, 0) is 24.5 Å². The molecule has 38 heavy (non-hydrogen) atoms. The zero-order valence-electron chi connectivity index (χ0n) is 22.5. The lowest BCUT2D eigenvalue weighted by atomic mass is 9.75. The number of ether oxygens (including phenoxy) is 1. The fourth-order valence-electron chi connectivity index (χ4n) is 6.16. The molecule has 2 heterocycles. The number of likely N-dealkylation sites (N-methyl/N-ethyl adjacent to an activating group) is 1. The third-order valence-corrected chi connectivity index (χ3v) is 8.45. The number of aliphatic hydroxyl groups is 1. The van der Waals surface area contributed by atoms with Crippen molar-refractivity contribution < 1.29 is 24.2 Å². The summed E-state index contributed by atoms with van der Waals surface area (Å²) >= 11 is 0. The minimum atomic E-state index is -0.811. The summed E-state index contributed by atoms with van der Waals surface area (Å²) in [7, 11) is 1.76. The summed E-state index contributed by atoms with van der Waals surface area (Å²) in [5.41, 5.74) is 1.61. The molecule has 9 heteroatoms. The lowest BCUT2D eigenvalue weighted by molar-refractivity contribution is -0.126. The lowest BCUT2D eigenvalue weighted by Gasteiger charge is -2.32. The van der Waals surface area contributed by atoms with Crippen LogP contribution < -0.4 is 15.5 Å². The van der Waals surface area contributed by atoms with E-state index in [-0.39, 0.29) is 35.4 Å². The Morgan fingerprint density at radius 1 is 1.18 bits per heavy atom. The minimum absolute atomic E-state index is 0.00944. The highest BCUT2D eigenvalue weighted by molar-refractivity contribution is 6.20. The van der Waals surface area contributed by atoms with E-state index in [9.17, 15) is 19.5 Å². The molecule has 2 fully saturated rings. The smallest absolute Gasteiger partial charge is 0.256 e. The number of amides is 3. The van der Waals surface area contributed by atoms with E-state index in [1.165, 1.54) is 6.42 Å². The molecule has 0 radical (unpaired) electrons. The predicted molar refractivity (Wildman–Crippen MR) is 147 cm³/mol. The van der Waals surface area contributed by atoms with Gasteiger partial charge in [0.25, 0.3) is 5.91 Å². The van der Waals surface area contributed by atoms with Crippen LogP contribution in [0.15, 0.2) is 30.0 Å². The molecule has 1 aromatic rings. The van der Waals surface area contributed by atoms with Crippen molar-refractivity contribution in [3.63, 3.8) is 0 Å². The van der Waals surface area contributed by atoms with Crippen LogP contribution in [0.1, 0.15) is 76.7 Å². The Morgan fingerprint density at radius 3 is 2.47 bits per heavy atom. The van der Waals surface area contributed by atoms with Crippen molar-refractivity contribution in [1.29, 1.82) is 5.41 Å². The standard InChI is InChI=1S/C29H40N4O5/c1-3-23(30)21(18-34)26(35)32-25(19-9-7-5-4-6-8-10-19)27(36)31-20-11-12-22-24(17-20)33(2)28(37)29(22)13-15-38-16-14-29/h11-12,17-19,25,30,34H,3-10,13-16H2,1-2H3,(H,31,36)(H,32,35)/b21-18+,30-23?. The molecule has 0 aromatic heterocycles. The fourth-order valence-corrected chi connectivity index (χ4v) is 6.16. The van der Waals surface area contributed by atoms with Gasteiger partial charge in [0.2, 0.25) is 11.8 Å². The predicted octanol–water partition coefficient (Wildman–Crippen LogP) is 4.37. The molecule has 3 aliphatic rings. The summed E-state index contributed by atoms with van der Waals surface area (Å²) < 4.78 is 5.52. The number of hydrogen-bond acceptors (Lipinski definition) is 6. The molecule has 1 atom stereocenters. The minimum Gasteiger partial charge on any atom is -0.515 e. The molecular formula is C29H40N4O5. The van der Waals surface area contributed by atoms with Crippen molar-refractivity contribution in [1.82, 2.24) is 5.32 Å². The van der Waals surface area contributed by atoms with Crippen LogP contribution in [0, 0.1) is 11.3 Å². The SMILES string of the molecule is CCC(=N)/C(=C\O)C(=O)NC(C(=O)Nc1ccc2c(c1)N(C)C(=O)C21CCOCC1)C1CCCCCCC1. The highest BCUT2D eigenvalue weighted by atomic mass is 16.5. The number of rotatable bonds is 7. The van der Waals surface area contributed by atoms with Gasteiger partial charge >= 0.3 is 0 Å². The maximum absolute atomic E-state index is 13.7. The van der Waals surface area contributed by atoms with Gasteiger partial charge in [-0.2, -0.15) is 0 Å². The summed E-state index contributed by atoms with van der Waals surface area (Å²) in [6.07, 6.45) is 9.17. The summed E-state index contributed by atoms with van der Waals surface area (Å²) in [5, 5.41) is 23.5. The Morgan fingerprint density at radius 2 is 1.84 bits per heavy atom. The molecule has 1 saturated carbocycles. The van der Waals surface area contributed by atoms with Crippen LogP contribution in [0.3, 0.4) is 0 Å². The number of carbonyl (C=O) groups excluding carboxylic acids is 3. The Labute approximate surface area is 224 Å². The average Bonchev–Trinajstić information content (AvgIpc) is 3.09. The van der Waals surface area contributed by atoms with E-state index in [0.29, 0.717) is 38.0 Å². The molecule has 1 unspecified atom stereocenters. The normalized spacial score (nSPS) is 20.8. The first-order valence-electron chi connectivity index (χ1n) is 13.9. The topological polar surface area (TPSA) is 132 Å². The number of anilines is 2. The number of benzene rings is 1. The first-order valence-corrected chi connectivity index (χ1v) is 13.9. The van der Waals surface area contributed by atoms with Gasteiger partial charge in [-0.15, -0.1) is 0 Å². The number of carbonyl (C=O) groups is 3. The molecular weight excluding hydrogens is 484 g/mol. The second kappa shape index (κ2) is 12.1. The van der Waals surface area contributed by atoms with Crippen molar-refractivity contribution in [2.45, 2.75) is 82.6 Å².